The number of hydrogen-bond acceptors (Lipinski definition) is 8. The fraction of sp³-hybridized carbons (Fsp3) is 0.227. The van der Waals surface area contributed by atoms with Crippen molar-refractivity contribution >= 4 is 40.9 Å². The summed E-state index contributed by atoms with van der Waals surface area (Å²) >= 11 is 8.02. The van der Waals surface area contributed by atoms with E-state index in [-0.39, 0.29) is 22.6 Å². The Labute approximate surface area is 193 Å². The highest BCUT2D eigenvalue weighted by Crippen LogP contribution is 2.45. The Morgan fingerprint density at radius 2 is 1.94 bits per heavy atom. The minimum Gasteiger partial charge on any atom is -0.447 e. The SMILES string of the molecule is CCSc1nnc2c(n1)OC(c1cccc(OC(C)=O)c1Cl)N(C(C)=O)c1ccccc1-2. The van der Waals surface area contributed by atoms with E-state index in [1.54, 1.807) is 24.3 Å². The number of thioether (sulfide) groups is 1. The van der Waals surface area contributed by atoms with Crippen LogP contribution >= 0.6 is 23.4 Å². The average molecular weight is 471 g/mol. The van der Waals surface area contributed by atoms with Gasteiger partial charge in [-0.1, -0.05) is 60.6 Å². The first-order valence-electron chi connectivity index (χ1n) is 9.81. The number of esters is 1. The zero-order chi connectivity index (χ0) is 22.8. The van der Waals surface area contributed by atoms with Gasteiger partial charge in [0.05, 0.1) is 10.7 Å². The van der Waals surface area contributed by atoms with Crippen LogP contribution in [0.5, 0.6) is 11.6 Å². The number of halogens is 1. The van der Waals surface area contributed by atoms with E-state index in [0.29, 0.717) is 27.7 Å². The van der Waals surface area contributed by atoms with Crippen molar-refractivity contribution in [1.82, 2.24) is 15.2 Å². The summed E-state index contributed by atoms with van der Waals surface area (Å²) in [6.45, 7) is 4.70. The van der Waals surface area contributed by atoms with Crippen molar-refractivity contribution in [3.05, 3.63) is 53.1 Å². The number of anilines is 1. The molecular formula is C22H19ClN4O4S. The summed E-state index contributed by atoms with van der Waals surface area (Å²) < 4.78 is 11.5. The molecule has 1 unspecified atom stereocenters. The van der Waals surface area contributed by atoms with E-state index in [9.17, 15) is 9.59 Å². The molecule has 1 atom stereocenters. The van der Waals surface area contributed by atoms with Crippen LogP contribution < -0.4 is 14.4 Å². The van der Waals surface area contributed by atoms with Crippen LogP contribution in [-0.2, 0) is 9.59 Å². The van der Waals surface area contributed by atoms with Gasteiger partial charge in [-0.3, -0.25) is 14.5 Å². The predicted octanol–water partition coefficient (Wildman–Crippen LogP) is 4.67. The Hall–Kier alpha value is -3.17. The molecule has 0 fully saturated rings. The highest BCUT2D eigenvalue weighted by molar-refractivity contribution is 7.99. The van der Waals surface area contributed by atoms with E-state index in [0.717, 1.165) is 5.75 Å². The summed E-state index contributed by atoms with van der Waals surface area (Å²) in [4.78, 5) is 30.4. The summed E-state index contributed by atoms with van der Waals surface area (Å²) in [6, 6.07) is 12.2. The molecule has 1 aromatic heterocycles. The van der Waals surface area contributed by atoms with Crippen molar-refractivity contribution in [1.29, 1.82) is 0 Å². The van der Waals surface area contributed by atoms with Crippen molar-refractivity contribution < 1.29 is 19.1 Å². The Balaban J connectivity index is 1.94. The van der Waals surface area contributed by atoms with Crippen LogP contribution in [0.2, 0.25) is 5.02 Å². The van der Waals surface area contributed by atoms with Gasteiger partial charge in [0.25, 0.3) is 0 Å². The first-order valence-corrected chi connectivity index (χ1v) is 11.2. The van der Waals surface area contributed by atoms with Crippen LogP contribution in [0.15, 0.2) is 47.6 Å². The maximum atomic E-state index is 12.8. The molecule has 3 aromatic rings. The molecule has 0 saturated heterocycles. The molecule has 0 bridgehead atoms. The summed E-state index contributed by atoms with van der Waals surface area (Å²) in [5.74, 6) is 0.371. The number of benzene rings is 2. The summed E-state index contributed by atoms with van der Waals surface area (Å²) in [6.07, 6.45) is -0.978. The zero-order valence-electron chi connectivity index (χ0n) is 17.5. The molecule has 10 heteroatoms. The molecule has 0 radical (unpaired) electrons. The monoisotopic (exact) mass is 470 g/mol. The van der Waals surface area contributed by atoms with Gasteiger partial charge in [-0.05, 0) is 17.9 Å². The lowest BCUT2D eigenvalue weighted by molar-refractivity contribution is -0.131. The van der Waals surface area contributed by atoms with Crippen LogP contribution in [0.3, 0.4) is 0 Å². The second-order valence-corrected chi connectivity index (χ2v) is 8.42. The van der Waals surface area contributed by atoms with E-state index in [1.165, 1.54) is 30.5 Å². The molecule has 1 amide bonds. The average Bonchev–Trinajstić information content (AvgIpc) is 2.89. The number of nitrogens with zero attached hydrogens (tertiary/aromatic N) is 4. The van der Waals surface area contributed by atoms with Crippen molar-refractivity contribution in [3.63, 3.8) is 0 Å². The van der Waals surface area contributed by atoms with Crippen molar-refractivity contribution in [2.24, 2.45) is 0 Å². The molecule has 0 spiro atoms. The molecule has 1 aliphatic rings. The number of hydrogen-bond donors (Lipinski definition) is 0. The molecular weight excluding hydrogens is 452 g/mol. The van der Waals surface area contributed by atoms with Gasteiger partial charge in [0.15, 0.2) is 5.69 Å². The second-order valence-electron chi connectivity index (χ2n) is 6.81. The zero-order valence-corrected chi connectivity index (χ0v) is 19.1. The number of rotatable bonds is 4. The first kappa shape index (κ1) is 22.0. The third-order valence-electron chi connectivity index (χ3n) is 4.64. The normalized spacial score (nSPS) is 14.6. The number of ether oxygens (including phenoxy) is 2. The lowest BCUT2D eigenvalue weighted by Crippen LogP contribution is -2.36. The lowest BCUT2D eigenvalue weighted by atomic mass is 10.1. The van der Waals surface area contributed by atoms with Gasteiger partial charge in [0.1, 0.15) is 5.75 Å². The third-order valence-corrected chi connectivity index (χ3v) is 5.76. The molecule has 0 N–H and O–H groups in total. The molecule has 0 aliphatic carbocycles. The number of para-hydroxylation sites is 1. The molecule has 32 heavy (non-hydrogen) atoms. The molecule has 0 saturated carbocycles. The van der Waals surface area contributed by atoms with E-state index >= 15 is 0 Å². The van der Waals surface area contributed by atoms with E-state index in [1.807, 2.05) is 25.1 Å². The predicted molar refractivity (Wildman–Crippen MR) is 121 cm³/mol. The van der Waals surface area contributed by atoms with E-state index in [4.69, 9.17) is 21.1 Å². The number of carbonyl (C=O) groups is 2. The van der Waals surface area contributed by atoms with Gasteiger partial charge < -0.3 is 9.47 Å². The fourth-order valence-corrected chi connectivity index (χ4v) is 4.16. The number of carbonyl (C=O) groups excluding carboxylic acids is 2. The second kappa shape index (κ2) is 9.13. The Bertz CT molecular complexity index is 1210. The van der Waals surface area contributed by atoms with E-state index in [2.05, 4.69) is 15.2 Å². The largest absolute Gasteiger partial charge is 0.447 e. The number of amides is 1. The Morgan fingerprint density at radius 3 is 2.66 bits per heavy atom. The third kappa shape index (κ3) is 4.13. The number of aromatic nitrogens is 3. The maximum absolute atomic E-state index is 12.8. The number of fused-ring (bicyclic) bond motifs is 3. The summed E-state index contributed by atoms with van der Waals surface area (Å²) in [5.41, 5.74) is 2.08. The standard InChI is InChI=1S/C22H19ClN4O4S/c1-4-32-22-24-20-19(25-26-22)14-8-5-6-10-16(14)27(12(2)28)21(31-20)15-9-7-11-17(18(15)23)30-13(3)29/h5-11,21H,4H2,1-3H3. The smallest absolute Gasteiger partial charge is 0.308 e. The fourth-order valence-electron chi connectivity index (χ4n) is 3.40. The minimum atomic E-state index is -0.978. The first-order chi connectivity index (χ1) is 15.4. The Morgan fingerprint density at radius 1 is 1.16 bits per heavy atom. The van der Waals surface area contributed by atoms with Crippen molar-refractivity contribution in [2.45, 2.75) is 32.2 Å². The van der Waals surface area contributed by atoms with Crippen molar-refractivity contribution in [2.75, 3.05) is 10.7 Å². The van der Waals surface area contributed by atoms with E-state index < -0.39 is 12.2 Å². The van der Waals surface area contributed by atoms with Crippen LogP contribution in [-0.4, -0.2) is 32.8 Å². The Kier molecular flexibility index (Phi) is 6.29. The van der Waals surface area contributed by atoms with Crippen LogP contribution in [0, 0.1) is 0 Å². The molecule has 164 valence electrons. The summed E-state index contributed by atoms with van der Waals surface area (Å²) in [7, 11) is 0. The lowest BCUT2D eigenvalue weighted by Gasteiger charge is -2.30. The van der Waals surface area contributed by atoms with Gasteiger partial charge in [-0.15, -0.1) is 10.2 Å². The highest BCUT2D eigenvalue weighted by Gasteiger charge is 2.36. The van der Waals surface area contributed by atoms with Crippen LogP contribution in [0.4, 0.5) is 5.69 Å². The molecule has 4 rings (SSSR count). The highest BCUT2D eigenvalue weighted by atomic mass is 35.5. The minimum absolute atomic E-state index is 0.157. The molecule has 2 heterocycles. The van der Waals surface area contributed by atoms with Crippen molar-refractivity contribution in [3.8, 4) is 22.9 Å². The molecule has 8 nitrogen and oxygen atoms in total. The topological polar surface area (TPSA) is 94.5 Å². The maximum Gasteiger partial charge on any atom is 0.308 e. The van der Waals surface area contributed by atoms with Gasteiger partial charge >= 0.3 is 5.97 Å². The molecule has 1 aliphatic heterocycles. The van der Waals surface area contributed by atoms with Gasteiger partial charge in [-0.25, -0.2) is 0 Å². The van der Waals surface area contributed by atoms with Gasteiger partial charge in [-0.2, -0.15) is 4.98 Å². The van der Waals surface area contributed by atoms with Gasteiger partial charge in [0, 0.05) is 25.0 Å². The molecule has 2 aromatic carbocycles. The van der Waals surface area contributed by atoms with Gasteiger partial charge in [0.2, 0.25) is 23.2 Å². The van der Waals surface area contributed by atoms with Crippen LogP contribution in [0.25, 0.3) is 11.3 Å². The summed E-state index contributed by atoms with van der Waals surface area (Å²) in [5, 5.41) is 9.15. The van der Waals surface area contributed by atoms with Crippen LogP contribution in [0.1, 0.15) is 32.6 Å². The quantitative estimate of drug-likeness (QED) is 0.308.